The van der Waals surface area contributed by atoms with Crippen LogP contribution >= 0.6 is 7.82 Å². The van der Waals surface area contributed by atoms with Crippen molar-refractivity contribution in [1.29, 1.82) is 0 Å². The summed E-state index contributed by atoms with van der Waals surface area (Å²) in [5.74, 6) is -2.53. The summed E-state index contributed by atoms with van der Waals surface area (Å²) in [5.41, 5.74) is 0. The summed E-state index contributed by atoms with van der Waals surface area (Å²) in [6.45, 7) is 1.11. The van der Waals surface area contributed by atoms with E-state index in [1.165, 1.54) is 0 Å². The number of carbonyl (C=O) groups is 2. The predicted octanol–water partition coefficient (Wildman–Crippen LogP) is 2.80. The lowest BCUT2D eigenvalue weighted by Crippen LogP contribution is -2.43. The Morgan fingerprint density at radius 1 is 1.04 bits per heavy atom. The summed E-state index contributed by atoms with van der Waals surface area (Å²) >= 11 is 0. The summed E-state index contributed by atoms with van der Waals surface area (Å²) in [4.78, 5) is 31.0. The van der Waals surface area contributed by atoms with Crippen LogP contribution in [-0.2, 0) is 23.2 Å². The third-order valence-electron chi connectivity index (χ3n) is 2.48. The molecule has 1 unspecified atom stereocenters. The molecule has 136 valence electrons. The molecule has 13 heteroatoms. The van der Waals surface area contributed by atoms with Crippen LogP contribution in [0.15, 0.2) is 0 Å². The van der Waals surface area contributed by atoms with Crippen molar-refractivity contribution < 1.29 is 54.4 Å². The average molecular weight is 374 g/mol. The van der Waals surface area contributed by atoms with E-state index in [9.17, 15) is 40.5 Å². The van der Waals surface area contributed by atoms with Crippen LogP contribution in [-0.4, -0.2) is 41.5 Å². The number of alkyl halides is 6. The highest BCUT2D eigenvalue weighted by Crippen LogP contribution is 2.50. The minimum Gasteiger partial charge on any atom is -0.302 e. The molecule has 0 aliphatic carbocycles. The fourth-order valence-corrected chi connectivity index (χ4v) is 2.35. The van der Waals surface area contributed by atoms with Crippen LogP contribution in [0, 0.1) is 5.92 Å². The quantitative estimate of drug-likeness (QED) is 0.399. The van der Waals surface area contributed by atoms with E-state index in [1.807, 2.05) is 0 Å². The molecule has 0 aromatic carbocycles. The van der Waals surface area contributed by atoms with Crippen molar-refractivity contribution in [2.45, 2.75) is 38.7 Å². The van der Waals surface area contributed by atoms with Gasteiger partial charge in [0.25, 0.3) is 6.10 Å². The molecule has 0 rings (SSSR count). The van der Waals surface area contributed by atoms with Crippen molar-refractivity contribution in [3.05, 3.63) is 0 Å². The van der Waals surface area contributed by atoms with Crippen molar-refractivity contribution in [2.75, 3.05) is 6.61 Å². The molecule has 0 aliphatic rings. The molecule has 0 spiro atoms. The second-order valence-corrected chi connectivity index (χ2v) is 5.84. The van der Waals surface area contributed by atoms with Crippen molar-refractivity contribution in [2.24, 2.45) is 5.92 Å². The Kier molecular flexibility index (Phi) is 7.41. The SMILES string of the molecule is CC(=O)C(CCOP(=O)(O)OC(C(F)(F)F)C(F)(F)F)C(C)=O. The molecule has 0 saturated carbocycles. The van der Waals surface area contributed by atoms with Gasteiger partial charge in [-0.05, 0) is 20.3 Å². The van der Waals surface area contributed by atoms with Crippen molar-refractivity contribution in [3.63, 3.8) is 0 Å². The summed E-state index contributed by atoms with van der Waals surface area (Å²) < 4.78 is 91.4. The van der Waals surface area contributed by atoms with E-state index in [2.05, 4.69) is 9.05 Å². The molecule has 0 heterocycles. The Hall–Kier alpha value is -0.970. The second kappa shape index (κ2) is 7.73. The average Bonchev–Trinajstić information content (AvgIpc) is 2.28. The Morgan fingerprint density at radius 2 is 1.43 bits per heavy atom. The highest BCUT2D eigenvalue weighted by Gasteiger charge is 2.60. The molecule has 0 saturated heterocycles. The van der Waals surface area contributed by atoms with E-state index >= 15 is 0 Å². The number of ketones is 2. The Labute approximate surface area is 126 Å². The summed E-state index contributed by atoms with van der Waals surface area (Å²) in [5, 5.41) is 0. The van der Waals surface area contributed by atoms with Crippen LogP contribution in [0.25, 0.3) is 0 Å². The first-order chi connectivity index (χ1) is 10.1. The molecular formula is C10H13F6O6P. The van der Waals surface area contributed by atoms with Gasteiger partial charge in [-0.1, -0.05) is 0 Å². The Morgan fingerprint density at radius 3 is 1.74 bits per heavy atom. The molecule has 1 N–H and O–H groups in total. The molecule has 0 bridgehead atoms. The molecule has 0 fully saturated rings. The second-order valence-electron chi connectivity index (χ2n) is 4.43. The molecule has 6 nitrogen and oxygen atoms in total. The zero-order valence-electron chi connectivity index (χ0n) is 11.8. The van der Waals surface area contributed by atoms with Gasteiger partial charge in [-0.2, -0.15) is 26.3 Å². The van der Waals surface area contributed by atoms with Gasteiger partial charge in [-0.3, -0.25) is 18.6 Å². The van der Waals surface area contributed by atoms with Gasteiger partial charge in [0.2, 0.25) is 0 Å². The van der Waals surface area contributed by atoms with Gasteiger partial charge < -0.3 is 4.89 Å². The zero-order valence-corrected chi connectivity index (χ0v) is 12.7. The van der Waals surface area contributed by atoms with Gasteiger partial charge in [-0.15, -0.1) is 0 Å². The monoisotopic (exact) mass is 374 g/mol. The number of phosphoric ester groups is 1. The lowest BCUT2D eigenvalue weighted by atomic mass is 9.98. The number of phosphoric acid groups is 1. The highest BCUT2D eigenvalue weighted by molar-refractivity contribution is 7.47. The van der Waals surface area contributed by atoms with Crippen molar-refractivity contribution >= 4 is 19.4 Å². The van der Waals surface area contributed by atoms with E-state index < -0.39 is 56.8 Å². The van der Waals surface area contributed by atoms with Crippen molar-refractivity contribution in [3.8, 4) is 0 Å². The first-order valence-corrected chi connectivity index (χ1v) is 7.37. The molecule has 0 amide bonds. The van der Waals surface area contributed by atoms with E-state index in [1.54, 1.807) is 0 Å². The number of hydrogen-bond acceptors (Lipinski definition) is 5. The first-order valence-electron chi connectivity index (χ1n) is 5.88. The van der Waals surface area contributed by atoms with Crippen LogP contribution in [0.1, 0.15) is 20.3 Å². The molecule has 0 radical (unpaired) electrons. The molecule has 0 aromatic heterocycles. The van der Waals surface area contributed by atoms with Gasteiger partial charge in [0.1, 0.15) is 11.6 Å². The third kappa shape index (κ3) is 7.91. The summed E-state index contributed by atoms with van der Waals surface area (Å²) in [6, 6.07) is 0. The molecule has 23 heavy (non-hydrogen) atoms. The van der Waals surface area contributed by atoms with E-state index in [0.29, 0.717) is 0 Å². The maximum absolute atomic E-state index is 12.2. The van der Waals surface area contributed by atoms with Crippen molar-refractivity contribution in [1.82, 2.24) is 0 Å². The molecule has 1 atom stereocenters. The zero-order chi connectivity index (χ0) is 18.6. The van der Waals surface area contributed by atoms with Crippen LogP contribution in [0.4, 0.5) is 26.3 Å². The molecule has 0 aliphatic heterocycles. The number of Topliss-reactive ketones (excluding diaryl/α,β-unsaturated/α-hetero) is 2. The maximum atomic E-state index is 12.2. The van der Waals surface area contributed by atoms with Gasteiger partial charge in [0.15, 0.2) is 0 Å². The normalized spacial score (nSPS) is 15.8. The van der Waals surface area contributed by atoms with E-state index in [-0.39, 0.29) is 0 Å². The fraction of sp³-hybridized carbons (Fsp3) is 0.800. The highest BCUT2D eigenvalue weighted by atomic mass is 31.2. The topological polar surface area (TPSA) is 89.9 Å². The lowest BCUT2D eigenvalue weighted by molar-refractivity contribution is -0.303. The number of carbonyl (C=O) groups excluding carboxylic acids is 2. The van der Waals surface area contributed by atoms with E-state index in [4.69, 9.17) is 4.89 Å². The van der Waals surface area contributed by atoms with E-state index in [0.717, 1.165) is 13.8 Å². The van der Waals surface area contributed by atoms with Gasteiger partial charge >= 0.3 is 20.2 Å². The van der Waals surface area contributed by atoms with Gasteiger partial charge in [0, 0.05) is 0 Å². The largest absolute Gasteiger partial charge is 0.473 e. The number of rotatable bonds is 8. The Bertz CT molecular complexity index is 459. The predicted molar refractivity (Wildman–Crippen MR) is 62.2 cm³/mol. The number of halogens is 6. The van der Waals surface area contributed by atoms with Crippen LogP contribution in [0.2, 0.25) is 0 Å². The molecular weight excluding hydrogens is 361 g/mol. The summed E-state index contributed by atoms with van der Waals surface area (Å²) in [6.07, 6.45) is -17.0. The Balaban J connectivity index is 4.85. The minimum absolute atomic E-state index is 0.499. The molecule has 0 aromatic rings. The minimum atomic E-state index is -5.98. The standard InChI is InChI=1S/C10H13F6O6P/c1-5(17)7(6(2)18)3-4-21-23(19,20)22-8(9(11,12)13)10(14,15)16/h7-8H,3-4H2,1-2H3,(H,19,20). The lowest BCUT2D eigenvalue weighted by Gasteiger charge is -2.24. The van der Waals surface area contributed by atoms with Crippen LogP contribution in [0.3, 0.4) is 0 Å². The maximum Gasteiger partial charge on any atom is 0.473 e. The third-order valence-corrected chi connectivity index (χ3v) is 3.46. The van der Waals surface area contributed by atoms with Crippen LogP contribution < -0.4 is 0 Å². The fourth-order valence-electron chi connectivity index (χ4n) is 1.45. The van der Waals surface area contributed by atoms with Gasteiger partial charge in [-0.25, -0.2) is 4.57 Å². The van der Waals surface area contributed by atoms with Gasteiger partial charge in [0.05, 0.1) is 12.5 Å². The smallest absolute Gasteiger partial charge is 0.302 e. The summed E-state index contributed by atoms with van der Waals surface area (Å²) in [7, 11) is -5.72. The van der Waals surface area contributed by atoms with Crippen LogP contribution in [0.5, 0.6) is 0 Å². The first kappa shape index (κ1) is 22.0. The number of hydrogen-bond donors (Lipinski definition) is 1.